The highest BCUT2D eigenvalue weighted by atomic mass is 32.1. The molecule has 1 aliphatic carbocycles. The summed E-state index contributed by atoms with van der Waals surface area (Å²) >= 11 is 1.62. The second-order valence-corrected chi connectivity index (χ2v) is 5.29. The number of nitrogens with zero attached hydrogens (tertiary/aromatic N) is 3. The normalized spacial score (nSPS) is 20.5. The summed E-state index contributed by atoms with van der Waals surface area (Å²) in [4.78, 5) is 19.7. The van der Waals surface area contributed by atoms with Gasteiger partial charge in [-0.15, -0.1) is 11.3 Å². The zero-order valence-corrected chi connectivity index (χ0v) is 9.54. The van der Waals surface area contributed by atoms with Crippen molar-refractivity contribution in [2.24, 2.45) is 0 Å². The topological polar surface area (TPSA) is 38.1 Å². The Morgan fingerprint density at radius 1 is 1.38 bits per heavy atom. The summed E-state index contributed by atoms with van der Waals surface area (Å²) in [6.07, 6.45) is 2.36. The van der Waals surface area contributed by atoms with E-state index in [4.69, 9.17) is 0 Å². The molecule has 1 fully saturated rings. The zero-order chi connectivity index (χ0) is 10.7. The van der Waals surface area contributed by atoms with Gasteiger partial charge in [0.15, 0.2) is 0 Å². The van der Waals surface area contributed by atoms with Crippen molar-refractivity contribution in [2.45, 2.75) is 25.4 Å². The molecule has 0 spiro atoms. The predicted octanol–water partition coefficient (Wildman–Crippen LogP) is 1.72. The lowest BCUT2D eigenvalue weighted by molar-refractivity contribution is 0.0693. The number of carbonyl (C=O) groups is 1. The molecule has 4 nitrogen and oxygen atoms in total. The van der Waals surface area contributed by atoms with Gasteiger partial charge in [-0.25, -0.2) is 4.98 Å². The van der Waals surface area contributed by atoms with Crippen molar-refractivity contribution in [1.82, 2.24) is 14.5 Å². The second-order valence-electron chi connectivity index (χ2n) is 4.45. The van der Waals surface area contributed by atoms with Crippen molar-refractivity contribution in [3.8, 4) is 0 Å². The average Bonchev–Trinajstić information content (AvgIpc) is 2.89. The van der Waals surface area contributed by atoms with Gasteiger partial charge in [-0.1, -0.05) is 0 Å². The second kappa shape index (κ2) is 2.85. The molecule has 2 aromatic rings. The summed E-state index contributed by atoms with van der Waals surface area (Å²) in [5.41, 5.74) is 3.63. The van der Waals surface area contributed by atoms with Crippen LogP contribution in [0.1, 0.15) is 23.3 Å². The van der Waals surface area contributed by atoms with E-state index in [0.717, 1.165) is 29.1 Å². The van der Waals surface area contributed by atoms with Crippen LogP contribution >= 0.6 is 11.3 Å². The first-order chi connectivity index (χ1) is 7.84. The maximum Gasteiger partial charge on any atom is 0.270 e. The molecule has 4 rings (SSSR count). The van der Waals surface area contributed by atoms with Gasteiger partial charge >= 0.3 is 0 Å². The first-order valence-corrected chi connectivity index (χ1v) is 6.46. The molecule has 0 radical (unpaired) electrons. The molecule has 0 aromatic carbocycles. The number of amides is 1. The molecule has 0 saturated heterocycles. The molecule has 0 bridgehead atoms. The molecule has 1 amide bonds. The highest BCUT2D eigenvalue weighted by Gasteiger charge is 2.36. The number of carbonyl (C=O) groups excluding carboxylic acids is 1. The zero-order valence-electron chi connectivity index (χ0n) is 8.72. The summed E-state index contributed by atoms with van der Waals surface area (Å²) in [5.74, 6) is 0.193. The van der Waals surface area contributed by atoms with Crippen LogP contribution in [0.4, 0.5) is 0 Å². The van der Waals surface area contributed by atoms with Crippen LogP contribution in [-0.2, 0) is 6.54 Å². The first-order valence-electron chi connectivity index (χ1n) is 5.58. The van der Waals surface area contributed by atoms with Crippen LogP contribution < -0.4 is 0 Å². The minimum atomic E-state index is 0.193. The molecule has 1 saturated carbocycles. The summed E-state index contributed by atoms with van der Waals surface area (Å²) in [6.45, 7) is 1.78. The molecule has 0 unspecified atom stereocenters. The summed E-state index contributed by atoms with van der Waals surface area (Å²) in [7, 11) is 0. The Morgan fingerprint density at radius 2 is 2.25 bits per heavy atom. The van der Waals surface area contributed by atoms with Crippen molar-refractivity contribution in [1.29, 1.82) is 0 Å². The third kappa shape index (κ3) is 1.04. The fraction of sp³-hybridized carbons (Fsp3) is 0.455. The van der Waals surface area contributed by atoms with Gasteiger partial charge in [0, 0.05) is 19.1 Å². The van der Waals surface area contributed by atoms with E-state index in [9.17, 15) is 4.79 Å². The average molecular weight is 233 g/mol. The van der Waals surface area contributed by atoms with E-state index in [1.165, 1.54) is 12.8 Å². The fourth-order valence-corrected chi connectivity index (χ4v) is 3.27. The van der Waals surface area contributed by atoms with Crippen molar-refractivity contribution >= 4 is 27.6 Å². The van der Waals surface area contributed by atoms with Gasteiger partial charge in [0.25, 0.3) is 5.91 Å². The van der Waals surface area contributed by atoms with Crippen molar-refractivity contribution in [3.05, 3.63) is 17.3 Å². The summed E-state index contributed by atoms with van der Waals surface area (Å²) in [6, 6.07) is 2.45. The fourth-order valence-electron chi connectivity index (χ4n) is 2.46. The molecule has 5 heteroatoms. The van der Waals surface area contributed by atoms with E-state index in [0.29, 0.717) is 6.04 Å². The Kier molecular flexibility index (Phi) is 1.56. The van der Waals surface area contributed by atoms with Crippen LogP contribution in [0.5, 0.6) is 0 Å². The van der Waals surface area contributed by atoms with Gasteiger partial charge in [0.2, 0.25) is 0 Å². The number of fused-ring (bicyclic) bond motifs is 3. The number of thiazole rings is 1. The Morgan fingerprint density at radius 3 is 3.06 bits per heavy atom. The number of hydrogen-bond donors (Lipinski definition) is 0. The van der Waals surface area contributed by atoms with E-state index >= 15 is 0 Å². The van der Waals surface area contributed by atoms with E-state index < -0.39 is 0 Å². The van der Waals surface area contributed by atoms with Crippen molar-refractivity contribution in [3.63, 3.8) is 0 Å². The van der Waals surface area contributed by atoms with E-state index in [2.05, 4.69) is 9.55 Å². The lowest BCUT2D eigenvalue weighted by Crippen LogP contribution is -2.41. The molecule has 82 valence electrons. The van der Waals surface area contributed by atoms with Gasteiger partial charge in [0.05, 0.1) is 5.51 Å². The predicted molar refractivity (Wildman–Crippen MR) is 61.7 cm³/mol. The maximum absolute atomic E-state index is 12.2. The van der Waals surface area contributed by atoms with Crippen LogP contribution in [0.2, 0.25) is 0 Å². The summed E-state index contributed by atoms with van der Waals surface area (Å²) < 4.78 is 2.12. The number of hydrogen-bond acceptors (Lipinski definition) is 3. The molecule has 1 aliphatic heterocycles. The van der Waals surface area contributed by atoms with Crippen LogP contribution in [-0.4, -0.2) is 32.9 Å². The molecule has 0 N–H and O–H groups in total. The molecule has 2 aromatic heterocycles. The van der Waals surface area contributed by atoms with Crippen LogP contribution in [0.3, 0.4) is 0 Å². The third-order valence-electron chi connectivity index (χ3n) is 3.42. The standard InChI is InChI=1S/C11H11N3OS/c15-10-9-5-8-11(16-6-12-8)14(9)4-3-13(10)7-1-2-7/h5-7H,1-4H2. The molecule has 0 atom stereocenters. The van der Waals surface area contributed by atoms with Crippen LogP contribution in [0.25, 0.3) is 10.3 Å². The van der Waals surface area contributed by atoms with E-state index in [1.807, 2.05) is 16.5 Å². The van der Waals surface area contributed by atoms with E-state index in [-0.39, 0.29) is 5.91 Å². The Hall–Kier alpha value is -1.36. The van der Waals surface area contributed by atoms with Gasteiger partial charge in [0.1, 0.15) is 16.0 Å². The van der Waals surface area contributed by atoms with Crippen LogP contribution in [0.15, 0.2) is 11.6 Å². The lowest BCUT2D eigenvalue weighted by atomic mass is 10.3. The Bertz CT molecular complexity index is 581. The van der Waals surface area contributed by atoms with Crippen LogP contribution in [0, 0.1) is 0 Å². The minimum Gasteiger partial charge on any atom is -0.333 e. The summed E-state index contributed by atoms with van der Waals surface area (Å²) in [5, 5.41) is 0. The van der Waals surface area contributed by atoms with Gasteiger partial charge in [-0.2, -0.15) is 0 Å². The highest BCUT2D eigenvalue weighted by Crippen LogP contribution is 2.32. The minimum absolute atomic E-state index is 0.193. The van der Waals surface area contributed by atoms with E-state index in [1.54, 1.807) is 11.3 Å². The number of aromatic nitrogens is 2. The molecule has 2 aliphatic rings. The quantitative estimate of drug-likeness (QED) is 0.752. The van der Waals surface area contributed by atoms with Crippen molar-refractivity contribution < 1.29 is 4.79 Å². The Labute approximate surface area is 96.5 Å². The molecule has 3 heterocycles. The van der Waals surface area contributed by atoms with Gasteiger partial charge < -0.3 is 9.47 Å². The monoisotopic (exact) mass is 233 g/mol. The third-order valence-corrected chi connectivity index (χ3v) is 4.28. The van der Waals surface area contributed by atoms with Crippen molar-refractivity contribution in [2.75, 3.05) is 6.54 Å². The maximum atomic E-state index is 12.2. The molecular formula is C11H11N3OS. The lowest BCUT2D eigenvalue weighted by Gasteiger charge is -2.28. The highest BCUT2D eigenvalue weighted by molar-refractivity contribution is 7.16. The molecular weight excluding hydrogens is 222 g/mol. The SMILES string of the molecule is O=C1c2cc3ncsc3n2CCN1C1CC1. The largest absolute Gasteiger partial charge is 0.333 e. The Balaban J connectivity index is 1.86. The first kappa shape index (κ1) is 8.75. The van der Waals surface area contributed by atoms with Gasteiger partial charge in [-0.3, -0.25) is 4.79 Å². The number of rotatable bonds is 1. The smallest absolute Gasteiger partial charge is 0.270 e. The molecule has 16 heavy (non-hydrogen) atoms. The van der Waals surface area contributed by atoms with Gasteiger partial charge in [-0.05, 0) is 18.9 Å².